The Labute approximate surface area is 115 Å². The number of hydrogen-bond donors (Lipinski definition) is 3. The molecule has 0 radical (unpaired) electrons. The Balaban J connectivity index is 1.68. The zero-order valence-corrected chi connectivity index (χ0v) is 12.3. The van der Waals surface area contributed by atoms with E-state index in [0.29, 0.717) is 11.5 Å². The molecular weight excluding hydrogens is 244 g/mol. The molecule has 1 unspecified atom stereocenters. The van der Waals surface area contributed by atoms with E-state index in [4.69, 9.17) is 9.84 Å². The molecule has 2 aliphatic carbocycles. The predicted octanol–water partition coefficient (Wildman–Crippen LogP) is 1.40. The van der Waals surface area contributed by atoms with Gasteiger partial charge in [0.05, 0.1) is 6.61 Å². The first-order valence-corrected chi connectivity index (χ1v) is 7.10. The summed E-state index contributed by atoms with van der Waals surface area (Å²) in [5.74, 6) is 0. The molecule has 0 aromatic carbocycles. The molecule has 1 amide bonds. The second kappa shape index (κ2) is 4.94. The number of carbonyl (C=O) groups is 1. The number of nitrogens with one attached hydrogen (secondary N) is 2. The van der Waals surface area contributed by atoms with Gasteiger partial charge < -0.3 is 20.5 Å². The first kappa shape index (κ1) is 14.6. The third kappa shape index (κ3) is 3.60. The van der Waals surface area contributed by atoms with Crippen molar-refractivity contribution in [3.8, 4) is 0 Å². The first-order chi connectivity index (χ1) is 8.74. The van der Waals surface area contributed by atoms with E-state index in [1.165, 1.54) is 0 Å². The van der Waals surface area contributed by atoms with E-state index >= 15 is 0 Å². The summed E-state index contributed by atoms with van der Waals surface area (Å²) in [5.41, 5.74) is -0.143. The quantitative estimate of drug-likeness (QED) is 0.722. The van der Waals surface area contributed by atoms with Crippen molar-refractivity contribution in [2.45, 2.75) is 70.7 Å². The van der Waals surface area contributed by atoms with Gasteiger partial charge in [-0.1, -0.05) is 0 Å². The van der Waals surface area contributed by atoms with Crippen LogP contribution in [0.4, 0.5) is 4.79 Å². The molecular formula is C14H26N2O3. The first-order valence-electron chi connectivity index (χ1n) is 7.10. The van der Waals surface area contributed by atoms with Crippen LogP contribution in [-0.2, 0) is 4.74 Å². The van der Waals surface area contributed by atoms with Gasteiger partial charge in [0, 0.05) is 18.1 Å². The zero-order chi connectivity index (χ0) is 14.3. The van der Waals surface area contributed by atoms with Crippen LogP contribution >= 0.6 is 0 Å². The van der Waals surface area contributed by atoms with Crippen LogP contribution in [0, 0.1) is 5.41 Å². The van der Waals surface area contributed by atoms with E-state index in [0.717, 1.165) is 19.3 Å². The molecule has 5 nitrogen and oxygen atoms in total. The van der Waals surface area contributed by atoms with Crippen LogP contribution in [0.3, 0.4) is 0 Å². The average molecular weight is 270 g/mol. The van der Waals surface area contributed by atoms with Crippen molar-refractivity contribution in [3.05, 3.63) is 0 Å². The van der Waals surface area contributed by atoms with Crippen molar-refractivity contribution in [3.63, 3.8) is 0 Å². The second-order valence-corrected chi connectivity index (χ2v) is 7.12. The molecule has 2 rings (SSSR count). The predicted molar refractivity (Wildman–Crippen MR) is 72.9 cm³/mol. The van der Waals surface area contributed by atoms with Gasteiger partial charge in [0.2, 0.25) is 0 Å². The fourth-order valence-corrected chi connectivity index (χ4v) is 2.95. The van der Waals surface area contributed by atoms with Gasteiger partial charge in [-0.2, -0.15) is 0 Å². The monoisotopic (exact) mass is 270 g/mol. The Bertz CT molecular complexity index is 345. The lowest BCUT2D eigenvalue weighted by Gasteiger charge is -2.39. The lowest BCUT2D eigenvalue weighted by molar-refractivity contribution is 0.0500. The summed E-state index contributed by atoms with van der Waals surface area (Å²) in [5, 5.41) is 15.3. The van der Waals surface area contributed by atoms with E-state index in [1.54, 1.807) is 0 Å². The minimum Gasteiger partial charge on any atom is -0.444 e. The van der Waals surface area contributed by atoms with Gasteiger partial charge in [0.25, 0.3) is 0 Å². The van der Waals surface area contributed by atoms with E-state index < -0.39 is 5.60 Å². The molecule has 0 aliphatic heterocycles. The lowest BCUT2D eigenvalue weighted by Crippen LogP contribution is -2.50. The van der Waals surface area contributed by atoms with Crippen LogP contribution in [0.25, 0.3) is 0 Å². The summed E-state index contributed by atoms with van der Waals surface area (Å²) >= 11 is 0. The number of ether oxygens (including phenoxy) is 1. The highest BCUT2D eigenvalue weighted by atomic mass is 16.6. The van der Waals surface area contributed by atoms with E-state index in [9.17, 15) is 4.79 Å². The lowest BCUT2D eigenvalue weighted by atomic mass is 9.76. The molecule has 0 aromatic rings. The number of amides is 1. The molecule has 2 atom stereocenters. The van der Waals surface area contributed by atoms with Gasteiger partial charge in [0.1, 0.15) is 5.60 Å². The van der Waals surface area contributed by atoms with Crippen LogP contribution in [0.15, 0.2) is 0 Å². The number of hydrogen-bond acceptors (Lipinski definition) is 4. The molecule has 5 heteroatoms. The maximum Gasteiger partial charge on any atom is 0.407 e. The molecule has 2 fully saturated rings. The van der Waals surface area contributed by atoms with Crippen LogP contribution in [-0.4, -0.2) is 41.5 Å². The van der Waals surface area contributed by atoms with Crippen LogP contribution < -0.4 is 10.6 Å². The number of alkyl carbamates (subject to hydrolysis) is 1. The maximum absolute atomic E-state index is 11.7. The molecule has 0 heterocycles. The molecule has 2 aliphatic rings. The maximum atomic E-state index is 11.7. The Morgan fingerprint density at radius 2 is 2.05 bits per heavy atom. The van der Waals surface area contributed by atoms with Gasteiger partial charge in [-0.05, 0) is 52.4 Å². The molecule has 3 N–H and O–H groups in total. The fraction of sp³-hybridized carbons (Fsp3) is 0.929. The standard InChI is InChI=1S/C14H26N2O3/c1-9(8-17)15-10-5-14(6-10)7-11(14)16-12(18)19-13(2,3)4/h9-11,15,17H,5-8H2,1-4H3,(H,16,18)/t9-,10?,11?,14?/m1/s1. The molecule has 19 heavy (non-hydrogen) atoms. The van der Waals surface area contributed by atoms with Crippen molar-refractivity contribution in [1.82, 2.24) is 10.6 Å². The summed E-state index contributed by atoms with van der Waals surface area (Å²) in [6, 6.07) is 0.899. The third-order valence-corrected chi connectivity index (χ3v) is 3.98. The largest absolute Gasteiger partial charge is 0.444 e. The highest BCUT2D eigenvalue weighted by Crippen LogP contribution is 2.60. The third-order valence-electron chi connectivity index (χ3n) is 3.98. The van der Waals surface area contributed by atoms with Gasteiger partial charge in [-0.15, -0.1) is 0 Å². The van der Waals surface area contributed by atoms with Crippen LogP contribution in [0.1, 0.15) is 47.0 Å². The van der Waals surface area contributed by atoms with E-state index in [-0.39, 0.29) is 24.8 Å². The fourth-order valence-electron chi connectivity index (χ4n) is 2.95. The topological polar surface area (TPSA) is 70.6 Å². The van der Waals surface area contributed by atoms with Crippen molar-refractivity contribution < 1.29 is 14.6 Å². The Kier molecular flexibility index (Phi) is 3.80. The van der Waals surface area contributed by atoms with Crippen molar-refractivity contribution in [2.75, 3.05) is 6.61 Å². The smallest absolute Gasteiger partial charge is 0.407 e. The molecule has 0 aromatic heterocycles. The highest BCUT2D eigenvalue weighted by Gasteiger charge is 2.62. The summed E-state index contributed by atoms with van der Waals surface area (Å²) in [7, 11) is 0. The molecule has 0 bridgehead atoms. The molecule has 1 spiro atoms. The summed E-state index contributed by atoms with van der Waals surface area (Å²) in [4.78, 5) is 11.7. The minimum atomic E-state index is -0.438. The van der Waals surface area contributed by atoms with Gasteiger partial charge in [-0.25, -0.2) is 4.79 Å². The molecule has 0 saturated heterocycles. The number of carbonyl (C=O) groups excluding carboxylic acids is 1. The van der Waals surface area contributed by atoms with Gasteiger partial charge in [0.15, 0.2) is 0 Å². The Hall–Kier alpha value is -0.810. The minimum absolute atomic E-state index is 0.151. The normalized spacial score (nSPS) is 34.6. The van der Waals surface area contributed by atoms with Crippen molar-refractivity contribution in [1.29, 1.82) is 0 Å². The highest BCUT2D eigenvalue weighted by molar-refractivity contribution is 5.69. The van der Waals surface area contributed by atoms with Gasteiger partial charge in [-0.3, -0.25) is 0 Å². The average Bonchev–Trinajstić information content (AvgIpc) is 2.88. The van der Waals surface area contributed by atoms with E-state index in [2.05, 4.69) is 10.6 Å². The van der Waals surface area contributed by atoms with Crippen molar-refractivity contribution in [2.24, 2.45) is 5.41 Å². The summed E-state index contributed by atoms with van der Waals surface area (Å²) in [6.07, 6.45) is 2.91. The Morgan fingerprint density at radius 1 is 1.42 bits per heavy atom. The SMILES string of the molecule is C[C@H](CO)NC1CC2(C1)CC2NC(=O)OC(C)(C)C. The Morgan fingerprint density at radius 3 is 2.58 bits per heavy atom. The molecule has 110 valence electrons. The summed E-state index contributed by atoms with van der Waals surface area (Å²) < 4.78 is 5.26. The van der Waals surface area contributed by atoms with Gasteiger partial charge >= 0.3 is 6.09 Å². The number of aliphatic hydroxyl groups excluding tert-OH is 1. The zero-order valence-electron chi connectivity index (χ0n) is 12.3. The van der Waals surface area contributed by atoms with E-state index in [1.807, 2.05) is 27.7 Å². The van der Waals surface area contributed by atoms with Crippen molar-refractivity contribution >= 4 is 6.09 Å². The number of aliphatic hydroxyl groups is 1. The molecule has 2 saturated carbocycles. The summed E-state index contributed by atoms with van der Waals surface area (Å²) in [6.45, 7) is 7.76. The van der Waals surface area contributed by atoms with Crippen LogP contribution in [0.2, 0.25) is 0 Å². The second-order valence-electron chi connectivity index (χ2n) is 7.12. The van der Waals surface area contributed by atoms with Crippen LogP contribution in [0.5, 0.6) is 0 Å². The number of rotatable bonds is 4.